The van der Waals surface area contributed by atoms with Crippen molar-refractivity contribution in [2.24, 2.45) is 0 Å². The van der Waals surface area contributed by atoms with Gasteiger partial charge in [-0.1, -0.05) is 12.1 Å². The summed E-state index contributed by atoms with van der Waals surface area (Å²) in [6.07, 6.45) is -5.39. The minimum Gasteiger partial charge on any atom is -0.497 e. The van der Waals surface area contributed by atoms with Gasteiger partial charge in [-0.05, 0) is 17.7 Å². The lowest BCUT2D eigenvalue weighted by Gasteiger charge is -2.15. The number of ether oxygens (including phenoxy) is 1. The molecule has 1 heterocycles. The van der Waals surface area contributed by atoms with Crippen LogP contribution in [0.5, 0.6) is 11.6 Å². The number of hydrogen-bond acceptors (Lipinski definition) is 6. The highest BCUT2D eigenvalue weighted by Gasteiger charge is 2.50. The third-order valence-corrected chi connectivity index (χ3v) is 4.18. The Labute approximate surface area is 153 Å². The van der Waals surface area contributed by atoms with E-state index >= 15 is 0 Å². The molecule has 1 aromatic heterocycles. The van der Waals surface area contributed by atoms with Crippen LogP contribution in [-0.2, 0) is 22.8 Å². The predicted octanol–water partition coefficient (Wildman–Crippen LogP) is 2.55. The molecule has 28 heavy (non-hydrogen) atoms. The van der Waals surface area contributed by atoms with Crippen molar-refractivity contribution >= 4 is 10.1 Å². The molecular formula is C14H10F6N2O5S. The first-order chi connectivity index (χ1) is 12.7. The van der Waals surface area contributed by atoms with Crippen LogP contribution < -0.4 is 14.5 Å². The summed E-state index contributed by atoms with van der Waals surface area (Å²) in [5, 5.41) is 3.03. The van der Waals surface area contributed by atoms with Gasteiger partial charge in [0.25, 0.3) is 11.4 Å². The minimum absolute atomic E-state index is 0.0995. The Morgan fingerprint density at radius 1 is 1.07 bits per heavy atom. The molecule has 0 radical (unpaired) electrons. The van der Waals surface area contributed by atoms with Gasteiger partial charge in [0.15, 0.2) is 0 Å². The van der Waals surface area contributed by atoms with Crippen molar-refractivity contribution in [3.8, 4) is 11.6 Å². The van der Waals surface area contributed by atoms with Gasteiger partial charge in [-0.25, -0.2) is 4.68 Å². The zero-order valence-electron chi connectivity index (χ0n) is 13.7. The number of hydrogen-bond donors (Lipinski definition) is 0. The Morgan fingerprint density at radius 2 is 1.64 bits per heavy atom. The molecule has 0 unspecified atom stereocenters. The van der Waals surface area contributed by atoms with Gasteiger partial charge in [-0.15, -0.1) is 5.10 Å². The SMILES string of the molecule is COc1ccc(Cn2nc(OS(=O)(=O)C(F)(F)F)c(C(F)(F)F)cc2=O)cc1. The summed E-state index contributed by atoms with van der Waals surface area (Å²) < 4.78 is 107. The molecule has 0 aliphatic rings. The predicted molar refractivity (Wildman–Crippen MR) is 81.2 cm³/mol. The summed E-state index contributed by atoms with van der Waals surface area (Å²) in [4.78, 5) is 11.9. The van der Waals surface area contributed by atoms with Gasteiger partial charge in [-0.2, -0.15) is 34.8 Å². The van der Waals surface area contributed by atoms with Crippen LogP contribution in [0, 0.1) is 0 Å². The Balaban J connectivity index is 2.52. The summed E-state index contributed by atoms with van der Waals surface area (Å²) in [6, 6.07) is 5.64. The van der Waals surface area contributed by atoms with E-state index in [-0.39, 0.29) is 6.07 Å². The van der Waals surface area contributed by atoms with Crippen LogP contribution in [0.3, 0.4) is 0 Å². The first-order valence-corrected chi connectivity index (χ1v) is 8.48. The minimum atomic E-state index is -6.44. The van der Waals surface area contributed by atoms with Gasteiger partial charge in [0, 0.05) is 6.07 Å². The fourth-order valence-electron chi connectivity index (χ4n) is 1.91. The van der Waals surface area contributed by atoms with Crippen LogP contribution in [-0.4, -0.2) is 30.8 Å². The van der Waals surface area contributed by atoms with E-state index < -0.39 is 45.4 Å². The van der Waals surface area contributed by atoms with E-state index in [2.05, 4.69) is 9.28 Å². The van der Waals surface area contributed by atoms with Crippen molar-refractivity contribution in [2.45, 2.75) is 18.2 Å². The van der Waals surface area contributed by atoms with E-state index in [0.717, 1.165) is 0 Å². The Hall–Kier alpha value is -2.77. The summed E-state index contributed by atoms with van der Waals surface area (Å²) >= 11 is 0. The normalized spacial score (nSPS) is 12.7. The number of methoxy groups -OCH3 is 1. The molecule has 0 fully saturated rings. The van der Waals surface area contributed by atoms with Crippen LogP contribution in [0.25, 0.3) is 0 Å². The van der Waals surface area contributed by atoms with E-state index in [1.807, 2.05) is 0 Å². The molecule has 154 valence electrons. The number of halogens is 6. The molecule has 0 amide bonds. The van der Waals surface area contributed by atoms with E-state index in [0.29, 0.717) is 16.0 Å². The van der Waals surface area contributed by atoms with Gasteiger partial charge in [0.2, 0.25) is 0 Å². The van der Waals surface area contributed by atoms with E-state index in [1.165, 1.54) is 31.4 Å². The molecule has 0 spiro atoms. The lowest BCUT2D eigenvalue weighted by Crippen LogP contribution is -2.32. The molecule has 2 aromatic rings. The highest BCUT2D eigenvalue weighted by Crippen LogP contribution is 2.36. The largest absolute Gasteiger partial charge is 0.534 e. The maximum atomic E-state index is 13.0. The molecule has 0 bridgehead atoms. The van der Waals surface area contributed by atoms with E-state index in [1.54, 1.807) is 0 Å². The van der Waals surface area contributed by atoms with Gasteiger partial charge in [0.05, 0.1) is 13.7 Å². The summed E-state index contributed by atoms with van der Waals surface area (Å²) in [6.45, 7) is -0.469. The molecule has 7 nitrogen and oxygen atoms in total. The van der Waals surface area contributed by atoms with Gasteiger partial charge >= 0.3 is 21.8 Å². The number of rotatable bonds is 5. The average molecular weight is 432 g/mol. The molecule has 0 aliphatic carbocycles. The lowest BCUT2D eigenvalue weighted by molar-refractivity contribution is -0.139. The van der Waals surface area contributed by atoms with Crippen LogP contribution in [0.4, 0.5) is 26.3 Å². The molecule has 0 aliphatic heterocycles. The van der Waals surface area contributed by atoms with Crippen LogP contribution >= 0.6 is 0 Å². The first-order valence-electron chi connectivity index (χ1n) is 7.07. The Morgan fingerprint density at radius 3 is 2.11 bits per heavy atom. The number of benzene rings is 1. The standard InChI is InChI=1S/C14H10F6N2O5S/c1-26-9-4-2-8(3-5-9)7-22-11(23)6-10(13(15,16)17)12(21-22)27-28(24,25)14(18,19)20/h2-6H,7H2,1H3. The molecule has 0 atom stereocenters. The van der Waals surface area contributed by atoms with Crippen molar-refractivity contribution in [1.82, 2.24) is 9.78 Å². The van der Waals surface area contributed by atoms with Crippen LogP contribution in [0.15, 0.2) is 35.1 Å². The molecule has 1 aromatic carbocycles. The zero-order chi connectivity index (χ0) is 21.3. The number of nitrogens with zero attached hydrogens (tertiary/aromatic N) is 2. The topological polar surface area (TPSA) is 87.5 Å². The molecule has 0 saturated carbocycles. The maximum absolute atomic E-state index is 13.0. The molecule has 0 N–H and O–H groups in total. The summed E-state index contributed by atoms with van der Waals surface area (Å²) in [5.41, 5.74) is -9.06. The smallest absolute Gasteiger partial charge is 0.497 e. The number of alkyl halides is 6. The van der Waals surface area contributed by atoms with Crippen LogP contribution in [0.1, 0.15) is 11.1 Å². The van der Waals surface area contributed by atoms with E-state index in [4.69, 9.17) is 4.74 Å². The van der Waals surface area contributed by atoms with Crippen LogP contribution in [0.2, 0.25) is 0 Å². The third kappa shape index (κ3) is 4.74. The second kappa shape index (κ2) is 7.33. The molecule has 14 heteroatoms. The van der Waals surface area contributed by atoms with Crippen molar-refractivity contribution in [3.63, 3.8) is 0 Å². The Kier molecular flexibility index (Phi) is 5.64. The average Bonchev–Trinajstić information content (AvgIpc) is 2.56. The monoisotopic (exact) mass is 432 g/mol. The van der Waals surface area contributed by atoms with Gasteiger partial charge in [-0.3, -0.25) is 4.79 Å². The fourth-order valence-corrected chi connectivity index (χ4v) is 2.33. The summed E-state index contributed by atoms with van der Waals surface area (Å²) in [7, 11) is -5.06. The highest BCUT2D eigenvalue weighted by atomic mass is 32.2. The first kappa shape index (κ1) is 21.5. The second-order valence-electron chi connectivity index (χ2n) is 5.19. The van der Waals surface area contributed by atoms with Crippen molar-refractivity contribution in [3.05, 3.63) is 51.8 Å². The quantitative estimate of drug-likeness (QED) is 0.410. The zero-order valence-corrected chi connectivity index (χ0v) is 14.5. The van der Waals surface area contributed by atoms with Gasteiger partial charge < -0.3 is 8.92 Å². The maximum Gasteiger partial charge on any atom is 0.534 e. The fraction of sp³-hybridized carbons (Fsp3) is 0.286. The Bertz CT molecular complexity index is 1010. The molecule has 0 saturated heterocycles. The van der Waals surface area contributed by atoms with Crippen molar-refractivity contribution < 1.29 is 43.7 Å². The number of aromatic nitrogens is 2. The second-order valence-corrected chi connectivity index (χ2v) is 6.73. The lowest BCUT2D eigenvalue weighted by atomic mass is 10.2. The van der Waals surface area contributed by atoms with Gasteiger partial charge in [0.1, 0.15) is 11.3 Å². The highest BCUT2D eigenvalue weighted by molar-refractivity contribution is 7.87. The van der Waals surface area contributed by atoms with Crippen molar-refractivity contribution in [1.29, 1.82) is 0 Å². The summed E-state index contributed by atoms with van der Waals surface area (Å²) in [5.74, 6) is -1.49. The van der Waals surface area contributed by atoms with Crippen molar-refractivity contribution in [2.75, 3.05) is 7.11 Å². The van der Waals surface area contributed by atoms with E-state index in [9.17, 15) is 39.6 Å². The molecular weight excluding hydrogens is 422 g/mol. The molecule has 2 rings (SSSR count). The third-order valence-electron chi connectivity index (χ3n) is 3.23.